The Morgan fingerprint density at radius 3 is 2.33 bits per heavy atom. The molecule has 0 unspecified atom stereocenters. The van der Waals surface area contributed by atoms with E-state index in [1.165, 1.54) is 6.92 Å². The molecule has 23 nitrogen and oxygen atoms in total. The minimum absolute atomic E-state index is 0.113. The van der Waals surface area contributed by atoms with E-state index in [0.717, 1.165) is 0 Å². The highest BCUT2D eigenvalue weighted by atomic mass is 16.6. The van der Waals surface area contributed by atoms with E-state index in [1.807, 2.05) is 0 Å². The summed E-state index contributed by atoms with van der Waals surface area (Å²) in [7, 11) is 0. The number of aliphatic imine (C=N–C) groups is 1. The number of carboxylic acids is 1. The first-order valence-corrected chi connectivity index (χ1v) is 16.3. The number of ether oxygens (including phenoxy) is 3. The number of aliphatic carboxylic acids is 1. The molecular weight excluding hydrogens is 682 g/mol. The van der Waals surface area contributed by atoms with E-state index < -0.39 is 91.4 Å². The number of amides is 5. The second kappa shape index (κ2) is 21.0. The Morgan fingerprint density at radius 1 is 1.04 bits per heavy atom. The molecule has 5 amide bonds. The number of nitrogens with zero attached hydrogens (tertiary/aromatic N) is 1. The number of rotatable bonds is 20. The van der Waals surface area contributed by atoms with Crippen LogP contribution in [0.4, 0.5) is 9.59 Å². The first-order chi connectivity index (χ1) is 24.1. The third-order valence-electron chi connectivity index (χ3n) is 7.90. The second-order valence-corrected chi connectivity index (χ2v) is 12.1. The standard InChI is InChI=1S/C28H51N11O12/c1-12(40)35-14(5-3-7-34-17(42)8-13(31)4-2-6-29)9-18(43)36-21-22(44)23(51-27(33)48)16(11-49-26(32)47)50-24(21)39-28-37-19(15(41)10-30)20(38-28)25(45)46/h13-16,19-24,41,44H,2-11,29-31H2,1H3,(H2,32,47)(H2,33,48)(H,34,42)(H,35,40)(H,36,43)(H,45,46)(H2,37,38,39)/t13-,14-,15+,16+,19+,20-,21+,22-,23-,24+/m0/s1. The van der Waals surface area contributed by atoms with Gasteiger partial charge >= 0.3 is 18.2 Å². The Morgan fingerprint density at radius 2 is 1.75 bits per heavy atom. The Balaban J connectivity index is 2.23. The summed E-state index contributed by atoms with van der Waals surface area (Å²) in [6.07, 6.45) is -8.59. The average molecular weight is 734 g/mol. The number of hydrogen-bond acceptors (Lipinski definition) is 17. The van der Waals surface area contributed by atoms with Crippen molar-refractivity contribution < 1.29 is 58.3 Å². The van der Waals surface area contributed by atoms with Crippen molar-refractivity contribution in [3.05, 3.63) is 0 Å². The summed E-state index contributed by atoms with van der Waals surface area (Å²) in [6, 6.07) is -5.23. The molecule has 2 heterocycles. The fraction of sp³-hybridized carbons (Fsp3) is 0.750. The molecular formula is C28H51N11O12. The van der Waals surface area contributed by atoms with Crippen LogP contribution in [-0.2, 0) is 33.4 Å². The van der Waals surface area contributed by atoms with Gasteiger partial charge in [0.25, 0.3) is 0 Å². The predicted molar refractivity (Wildman–Crippen MR) is 176 cm³/mol. The molecule has 0 bridgehead atoms. The summed E-state index contributed by atoms with van der Waals surface area (Å²) in [5.41, 5.74) is 27.2. The zero-order valence-corrected chi connectivity index (χ0v) is 28.2. The molecule has 51 heavy (non-hydrogen) atoms. The van der Waals surface area contributed by atoms with Crippen molar-refractivity contribution in [3.63, 3.8) is 0 Å². The summed E-state index contributed by atoms with van der Waals surface area (Å²) in [5, 5.41) is 44.5. The quantitative estimate of drug-likeness (QED) is 0.0518. The third kappa shape index (κ3) is 14.3. The normalized spacial score (nSPS) is 25.9. The van der Waals surface area contributed by atoms with Gasteiger partial charge in [0.2, 0.25) is 17.7 Å². The molecule has 0 saturated carbocycles. The van der Waals surface area contributed by atoms with E-state index in [-0.39, 0.29) is 50.3 Å². The molecule has 290 valence electrons. The highest BCUT2D eigenvalue weighted by Gasteiger charge is 2.50. The third-order valence-corrected chi connectivity index (χ3v) is 7.90. The van der Waals surface area contributed by atoms with Crippen molar-refractivity contribution in [2.24, 2.45) is 33.7 Å². The van der Waals surface area contributed by atoms with Crippen LogP contribution in [0.5, 0.6) is 0 Å². The van der Waals surface area contributed by atoms with Crippen molar-refractivity contribution in [2.45, 2.75) is 106 Å². The number of primary amides is 2. The van der Waals surface area contributed by atoms with Crippen LogP contribution in [0.15, 0.2) is 4.99 Å². The van der Waals surface area contributed by atoms with Gasteiger partial charge in [0.15, 0.2) is 24.3 Å². The number of guanidine groups is 1. The van der Waals surface area contributed by atoms with Gasteiger partial charge in [-0.15, -0.1) is 0 Å². The molecule has 1 saturated heterocycles. The topological polar surface area (TPSA) is 393 Å². The van der Waals surface area contributed by atoms with Gasteiger partial charge in [-0.1, -0.05) is 0 Å². The highest BCUT2D eigenvalue weighted by molar-refractivity contribution is 5.90. The van der Waals surface area contributed by atoms with E-state index in [4.69, 9.17) is 42.9 Å². The van der Waals surface area contributed by atoms with Gasteiger partial charge in [0, 0.05) is 44.9 Å². The van der Waals surface area contributed by atoms with Crippen LogP contribution in [0, 0.1) is 0 Å². The lowest BCUT2D eigenvalue weighted by molar-refractivity contribution is -0.197. The minimum Gasteiger partial charge on any atom is -0.480 e. The number of nitrogens with one attached hydrogen (secondary N) is 5. The number of aliphatic hydroxyl groups excluding tert-OH is 2. The lowest BCUT2D eigenvalue weighted by Gasteiger charge is -2.44. The van der Waals surface area contributed by atoms with E-state index in [2.05, 4.69) is 31.6 Å². The molecule has 0 radical (unpaired) electrons. The van der Waals surface area contributed by atoms with Crippen LogP contribution < -0.4 is 55.3 Å². The smallest absolute Gasteiger partial charge is 0.404 e. The van der Waals surface area contributed by atoms with Crippen molar-refractivity contribution in [2.75, 3.05) is 26.2 Å². The highest BCUT2D eigenvalue weighted by Crippen LogP contribution is 2.24. The Kier molecular flexibility index (Phi) is 17.5. The molecule has 18 N–H and O–H groups in total. The van der Waals surface area contributed by atoms with Crippen molar-refractivity contribution in [1.82, 2.24) is 26.6 Å². The number of hydrogen-bond donors (Lipinski definition) is 13. The van der Waals surface area contributed by atoms with Gasteiger partial charge < -0.3 is 84.8 Å². The first kappa shape index (κ1) is 42.6. The summed E-state index contributed by atoms with van der Waals surface area (Å²) in [5.74, 6) is -3.04. The predicted octanol–water partition coefficient (Wildman–Crippen LogP) is -5.95. The molecule has 10 atom stereocenters. The molecule has 0 spiro atoms. The molecule has 2 aliphatic rings. The van der Waals surface area contributed by atoms with Gasteiger partial charge in [-0.3, -0.25) is 14.4 Å². The van der Waals surface area contributed by atoms with Crippen LogP contribution in [0.1, 0.15) is 45.4 Å². The maximum atomic E-state index is 13.4. The molecule has 0 aromatic rings. The molecule has 23 heteroatoms. The summed E-state index contributed by atoms with van der Waals surface area (Å²) in [6.45, 7) is 0.966. The van der Waals surface area contributed by atoms with Crippen LogP contribution in [-0.4, -0.2) is 144 Å². The molecule has 1 fully saturated rings. The Labute approximate surface area is 293 Å². The van der Waals surface area contributed by atoms with E-state index >= 15 is 0 Å². The summed E-state index contributed by atoms with van der Waals surface area (Å²) >= 11 is 0. The van der Waals surface area contributed by atoms with Crippen molar-refractivity contribution >= 4 is 41.8 Å². The maximum Gasteiger partial charge on any atom is 0.404 e. The molecule has 0 aromatic carbocycles. The maximum absolute atomic E-state index is 13.4. The average Bonchev–Trinajstić information content (AvgIpc) is 3.47. The first-order valence-electron chi connectivity index (χ1n) is 16.3. The molecule has 0 aromatic heterocycles. The van der Waals surface area contributed by atoms with Crippen LogP contribution in [0.2, 0.25) is 0 Å². The van der Waals surface area contributed by atoms with Gasteiger partial charge in [-0.25, -0.2) is 19.4 Å². The molecule has 2 rings (SSSR count). The van der Waals surface area contributed by atoms with Gasteiger partial charge in [0.05, 0.1) is 6.10 Å². The molecule has 0 aliphatic carbocycles. The largest absolute Gasteiger partial charge is 0.480 e. The lowest BCUT2D eigenvalue weighted by atomic mass is 9.95. The van der Waals surface area contributed by atoms with Gasteiger partial charge in [-0.2, -0.15) is 0 Å². The zero-order valence-electron chi connectivity index (χ0n) is 28.2. The monoisotopic (exact) mass is 733 g/mol. The fourth-order valence-corrected chi connectivity index (χ4v) is 5.53. The number of aliphatic hydroxyl groups is 2. The Hall–Kier alpha value is -4.55. The van der Waals surface area contributed by atoms with Crippen molar-refractivity contribution in [3.8, 4) is 0 Å². The minimum atomic E-state index is -1.80. The van der Waals surface area contributed by atoms with Gasteiger partial charge in [0.1, 0.15) is 30.9 Å². The van der Waals surface area contributed by atoms with Crippen LogP contribution in [0.25, 0.3) is 0 Å². The SMILES string of the molecule is CC(=O)N[C@@H](CCCNC(=O)C[C@@H](N)CCCN)CC(=O)N[C@@H]1[C@H](O)[C@@H](OC(N)=O)[C@@H](COC(N)=O)O[C@H]1NC1=N[C@H]([C@H](O)CN)[C@@H](C(=O)O)N1. The van der Waals surface area contributed by atoms with Crippen molar-refractivity contribution in [1.29, 1.82) is 0 Å². The van der Waals surface area contributed by atoms with E-state index in [1.54, 1.807) is 0 Å². The van der Waals surface area contributed by atoms with Crippen LogP contribution in [0.3, 0.4) is 0 Å². The van der Waals surface area contributed by atoms with E-state index in [0.29, 0.717) is 25.8 Å². The molecule has 2 aliphatic heterocycles. The number of carboxylic acid groups (broad SMARTS) is 1. The van der Waals surface area contributed by atoms with E-state index in [9.17, 15) is 44.1 Å². The van der Waals surface area contributed by atoms with Crippen LogP contribution >= 0.6 is 0 Å². The number of carbonyl (C=O) groups is 6. The lowest BCUT2D eigenvalue weighted by Crippen LogP contribution is -2.70. The number of carbonyl (C=O) groups excluding carboxylic acids is 5. The fourth-order valence-electron chi connectivity index (χ4n) is 5.53. The zero-order chi connectivity index (χ0) is 38.2. The summed E-state index contributed by atoms with van der Waals surface area (Å²) in [4.78, 5) is 76.6. The Bertz CT molecular complexity index is 1240. The summed E-state index contributed by atoms with van der Waals surface area (Å²) < 4.78 is 15.7. The van der Waals surface area contributed by atoms with Gasteiger partial charge in [-0.05, 0) is 32.2 Å². The number of nitrogens with two attached hydrogens (primary N) is 5. The second-order valence-electron chi connectivity index (χ2n) is 12.1.